The Kier molecular flexibility index (Phi) is 8.10. The molecule has 0 unspecified atom stereocenters. The molecule has 0 bridgehead atoms. The van der Waals surface area contributed by atoms with E-state index < -0.39 is 0 Å². The van der Waals surface area contributed by atoms with Crippen LogP contribution < -0.4 is 0 Å². The monoisotopic (exact) mass is 222 g/mol. The molecule has 0 saturated heterocycles. The summed E-state index contributed by atoms with van der Waals surface area (Å²) in [5.74, 6) is 0.491. The molecule has 0 heterocycles. The first kappa shape index (κ1) is 13.5. The van der Waals surface area contributed by atoms with Gasteiger partial charge in [0.1, 0.15) is 5.78 Å². The molecule has 0 saturated carbocycles. The Hall–Kier alpha value is -0.590. The van der Waals surface area contributed by atoms with Crippen LogP contribution in [0.3, 0.4) is 0 Å². The Morgan fingerprint density at radius 3 is 1.69 bits per heavy atom. The smallest absolute Gasteiger partial charge is 0.132 e. The Balaban J connectivity index is 2.19. The standard InChI is InChI=1S/C15H26O/c16-15-13-11-9-7-5-3-1-2-4-6-8-10-12-14-15/h1,3H,2,4-14H2. The number of ketones is 1. The van der Waals surface area contributed by atoms with E-state index in [9.17, 15) is 4.79 Å². The molecule has 0 N–H and O–H groups in total. The van der Waals surface area contributed by atoms with E-state index in [2.05, 4.69) is 12.2 Å². The van der Waals surface area contributed by atoms with Crippen LogP contribution in [0.4, 0.5) is 0 Å². The number of hydrogen-bond acceptors (Lipinski definition) is 1. The van der Waals surface area contributed by atoms with E-state index in [1.165, 1.54) is 51.4 Å². The fraction of sp³-hybridized carbons (Fsp3) is 0.800. The van der Waals surface area contributed by atoms with E-state index in [1.54, 1.807) is 0 Å². The summed E-state index contributed by atoms with van der Waals surface area (Å²) in [6, 6.07) is 0. The van der Waals surface area contributed by atoms with Crippen LogP contribution in [-0.2, 0) is 4.79 Å². The van der Waals surface area contributed by atoms with Gasteiger partial charge in [-0.3, -0.25) is 4.79 Å². The summed E-state index contributed by atoms with van der Waals surface area (Å²) in [4.78, 5) is 11.5. The highest BCUT2D eigenvalue weighted by atomic mass is 16.1. The molecule has 0 amide bonds. The topological polar surface area (TPSA) is 17.1 Å². The van der Waals surface area contributed by atoms with Gasteiger partial charge in [0.25, 0.3) is 0 Å². The van der Waals surface area contributed by atoms with E-state index in [4.69, 9.17) is 0 Å². The van der Waals surface area contributed by atoms with Gasteiger partial charge >= 0.3 is 0 Å². The molecule has 16 heavy (non-hydrogen) atoms. The zero-order chi connectivity index (χ0) is 11.5. The number of allylic oxidation sites excluding steroid dienone is 2. The van der Waals surface area contributed by atoms with E-state index in [1.807, 2.05) is 0 Å². The highest BCUT2D eigenvalue weighted by molar-refractivity contribution is 5.78. The van der Waals surface area contributed by atoms with E-state index in [0.29, 0.717) is 5.78 Å². The second-order valence-electron chi connectivity index (χ2n) is 4.92. The van der Waals surface area contributed by atoms with Gasteiger partial charge in [-0.05, 0) is 38.5 Å². The van der Waals surface area contributed by atoms with Crippen LogP contribution in [0.15, 0.2) is 12.2 Å². The van der Waals surface area contributed by atoms with E-state index >= 15 is 0 Å². The molecule has 1 rings (SSSR count). The quantitative estimate of drug-likeness (QED) is 0.538. The SMILES string of the molecule is O=C1CCCCCC=CCCCCCCC1. The van der Waals surface area contributed by atoms with Gasteiger partial charge in [-0.15, -0.1) is 0 Å². The summed E-state index contributed by atoms with van der Waals surface area (Å²) in [7, 11) is 0. The van der Waals surface area contributed by atoms with Crippen LogP contribution in [-0.4, -0.2) is 5.78 Å². The Morgan fingerprint density at radius 2 is 1.06 bits per heavy atom. The average molecular weight is 222 g/mol. The van der Waals surface area contributed by atoms with Gasteiger partial charge in [0.2, 0.25) is 0 Å². The van der Waals surface area contributed by atoms with Crippen molar-refractivity contribution in [1.29, 1.82) is 0 Å². The number of Topliss-reactive ketones (excluding diaryl/α,β-unsaturated/α-hetero) is 1. The molecule has 92 valence electrons. The molecule has 1 aliphatic rings. The van der Waals surface area contributed by atoms with Gasteiger partial charge < -0.3 is 0 Å². The molecule has 0 atom stereocenters. The van der Waals surface area contributed by atoms with Gasteiger partial charge in [0.15, 0.2) is 0 Å². The summed E-state index contributed by atoms with van der Waals surface area (Å²) in [5.41, 5.74) is 0. The first-order valence-electron chi connectivity index (χ1n) is 7.06. The summed E-state index contributed by atoms with van der Waals surface area (Å²) in [5, 5.41) is 0. The lowest BCUT2D eigenvalue weighted by molar-refractivity contribution is -0.119. The number of carbonyl (C=O) groups excluding carboxylic acids is 1. The molecule has 1 aliphatic carbocycles. The van der Waals surface area contributed by atoms with Gasteiger partial charge in [0.05, 0.1) is 0 Å². The maximum absolute atomic E-state index is 11.5. The zero-order valence-electron chi connectivity index (χ0n) is 10.5. The summed E-state index contributed by atoms with van der Waals surface area (Å²) >= 11 is 0. The Morgan fingerprint density at radius 1 is 0.625 bits per heavy atom. The zero-order valence-corrected chi connectivity index (χ0v) is 10.5. The van der Waals surface area contributed by atoms with Crippen molar-refractivity contribution < 1.29 is 4.79 Å². The Labute approximate surface area is 100 Å². The van der Waals surface area contributed by atoms with Crippen LogP contribution in [0.2, 0.25) is 0 Å². The first-order chi connectivity index (χ1) is 7.89. The van der Waals surface area contributed by atoms with Gasteiger partial charge in [-0.25, -0.2) is 0 Å². The van der Waals surface area contributed by atoms with Crippen molar-refractivity contribution in [3.8, 4) is 0 Å². The van der Waals surface area contributed by atoms with E-state index in [-0.39, 0.29) is 0 Å². The van der Waals surface area contributed by atoms with Gasteiger partial charge in [-0.1, -0.05) is 37.8 Å². The van der Waals surface area contributed by atoms with Crippen LogP contribution in [0.5, 0.6) is 0 Å². The molecular formula is C15H26O. The molecular weight excluding hydrogens is 196 g/mol. The minimum atomic E-state index is 0.491. The van der Waals surface area contributed by atoms with Crippen molar-refractivity contribution >= 4 is 5.78 Å². The maximum Gasteiger partial charge on any atom is 0.132 e. The van der Waals surface area contributed by atoms with Crippen molar-refractivity contribution in [2.45, 2.75) is 77.0 Å². The highest BCUT2D eigenvalue weighted by Crippen LogP contribution is 2.12. The molecule has 1 heteroatoms. The van der Waals surface area contributed by atoms with Crippen LogP contribution in [0.1, 0.15) is 77.0 Å². The van der Waals surface area contributed by atoms with Crippen LogP contribution >= 0.6 is 0 Å². The van der Waals surface area contributed by atoms with Crippen molar-refractivity contribution in [2.24, 2.45) is 0 Å². The molecule has 0 aromatic heterocycles. The lowest BCUT2D eigenvalue weighted by Crippen LogP contribution is -1.97. The predicted octanol–water partition coefficient (Wildman–Crippen LogP) is 4.81. The lowest BCUT2D eigenvalue weighted by atomic mass is 10.0. The molecule has 0 aromatic rings. The largest absolute Gasteiger partial charge is 0.300 e. The summed E-state index contributed by atoms with van der Waals surface area (Å²) in [6.45, 7) is 0. The Bertz CT molecular complexity index is 205. The fourth-order valence-electron chi connectivity index (χ4n) is 2.24. The third-order valence-corrected chi connectivity index (χ3v) is 3.32. The van der Waals surface area contributed by atoms with Crippen molar-refractivity contribution in [2.75, 3.05) is 0 Å². The minimum absolute atomic E-state index is 0.491. The average Bonchev–Trinajstić information content (AvgIpc) is 2.29. The summed E-state index contributed by atoms with van der Waals surface area (Å²) < 4.78 is 0. The first-order valence-corrected chi connectivity index (χ1v) is 7.06. The number of hydrogen-bond donors (Lipinski definition) is 0. The number of rotatable bonds is 0. The maximum atomic E-state index is 11.5. The van der Waals surface area contributed by atoms with Crippen molar-refractivity contribution in [3.63, 3.8) is 0 Å². The van der Waals surface area contributed by atoms with Gasteiger partial charge in [0, 0.05) is 12.8 Å². The van der Waals surface area contributed by atoms with Crippen LogP contribution in [0.25, 0.3) is 0 Å². The molecule has 0 aliphatic heterocycles. The normalized spacial score (nSPS) is 22.4. The van der Waals surface area contributed by atoms with Gasteiger partial charge in [-0.2, -0.15) is 0 Å². The highest BCUT2D eigenvalue weighted by Gasteiger charge is 2.01. The second-order valence-corrected chi connectivity index (χ2v) is 4.92. The second kappa shape index (κ2) is 9.62. The molecule has 0 fully saturated rings. The van der Waals surface area contributed by atoms with Crippen LogP contribution in [0, 0.1) is 0 Å². The predicted molar refractivity (Wildman–Crippen MR) is 69.6 cm³/mol. The molecule has 1 nitrogen and oxygen atoms in total. The molecule has 0 aromatic carbocycles. The third kappa shape index (κ3) is 7.67. The fourth-order valence-corrected chi connectivity index (χ4v) is 2.24. The van der Waals surface area contributed by atoms with Crippen molar-refractivity contribution in [3.05, 3.63) is 12.2 Å². The number of carbonyl (C=O) groups is 1. The minimum Gasteiger partial charge on any atom is -0.300 e. The van der Waals surface area contributed by atoms with E-state index in [0.717, 1.165) is 25.7 Å². The third-order valence-electron chi connectivity index (χ3n) is 3.32. The summed E-state index contributed by atoms with van der Waals surface area (Å²) in [6.07, 6.45) is 18.7. The lowest BCUT2D eigenvalue weighted by Gasteiger charge is -2.01. The van der Waals surface area contributed by atoms with Crippen molar-refractivity contribution in [1.82, 2.24) is 0 Å². The molecule has 0 spiro atoms. The molecule has 0 radical (unpaired) electrons.